The molecule has 28 heavy (non-hydrogen) atoms. The fraction of sp³-hybridized carbons (Fsp3) is 0.381. The summed E-state index contributed by atoms with van der Waals surface area (Å²) in [5, 5.41) is 12.7. The highest BCUT2D eigenvalue weighted by Crippen LogP contribution is 2.21. The molecule has 2 aromatic heterocycles. The molecule has 1 atom stereocenters. The summed E-state index contributed by atoms with van der Waals surface area (Å²) < 4.78 is 1.99. The number of rotatable bonds is 6. The zero-order valence-electron chi connectivity index (χ0n) is 16.2. The van der Waals surface area contributed by atoms with Crippen molar-refractivity contribution in [3.8, 4) is 0 Å². The average Bonchev–Trinajstić information content (AvgIpc) is 3.03. The van der Waals surface area contributed by atoms with Gasteiger partial charge in [0.25, 0.3) is 0 Å². The van der Waals surface area contributed by atoms with Gasteiger partial charge in [0.2, 0.25) is 5.95 Å². The molecule has 0 saturated carbocycles. The van der Waals surface area contributed by atoms with Crippen molar-refractivity contribution in [1.29, 1.82) is 0 Å². The number of aromatic carboxylic acids is 1. The van der Waals surface area contributed by atoms with Gasteiger partial charge < -0.3 is 10.4 Å². The van der Waals surface area contributed by atoms with Gasteiger partial charge in [0.1, 0.15) is 5.52 Å². The second-order valence-corrected chi connectivity index (χ2v) is 7.35. The zero-order chi connectivity index (χ0) is 19.7. The summed E-state index contributed by atoms with van der Waals surface area (Å²) in [5.41, 5.74) is 4.32. The number of aromatic nitrogens is 3. The summed E-state index contributed by atoms with van der Waals surface area (Å²) in [4.78, 5) is 22.6. The van der Waals surface area contributed by atoms with Crippen molar-refractivity contribution >= 4 is 23.1 Å². The van der Waals surface area contributed by atoms with Crippen molar-refractivity contribution in [2.45, 2.75) is 39.4 Å². The molecule has 1 aliphatic heterocycles. The second kappa shape index (κ2) is 7.59. The van der Waals surface area contributed by atoms with Crippen molar-refractivity contribution in [2.75, 3.05) is 18.4 Å². The maximum Gasteiger partial charge on any atom is 0.337 e. The van der Waals surface area contributed by atoms with Gasteiger partial charge in [0.05, 0.1) is 5.56 Å². The van der Waals surface area contributed by atoms with Gasteiger partial charge in [-0.2, -0.15) is 0 Å². The Kier molecular flexibility index (Phi) is 5.00. The summed E-state index contributed by atoms with van der Waals surface area (Å²) in [6.45, 7) is 7.82. The van der Waals surface area contributed by atoms with E-state index in [9.17, 15) is 9.90 Å². The van der Waals surface area contributed by atoms with E-state index < -0.39 is 5.97 Å². The van der Waals surface area contributed by atoms with Crippen LogP contribution in [0.15, 0.2) is 36.5 Å². The average molecular weight is 379 g/mol. The van der Waals surface area contributed by atoms with Crippen molar-refractivity contribution in [2.24, 2.45) is 0 Å². The maximum atomic E-state index is 11.2. The molecule has 0 aliphatic carbocycles. The first-order chi connectivity index (χ1) is 13.5. The standard InChI is InChI=1S/C21H25N5O2/c1-3-26-19-18(10-17(11-22-19)20(27)28)24-21(26)23-14(2)12-25-9-8-15-6-4-5-7-16(15)13-25/h4-7,10-11,14H,3,8-9,12-13H2,1-2H3,(H,23,24)(H,27,28). The molecule has 146 valence electrons. The van der Waals surface area contributed by atoms with E-state index in [1.54, 1.807) is 6.07 Å². The molecule has 0 amide bonds. The Bertz CT molecular complexity index is 1010. The smallest absolute Gasteiger partial charge is 0.337 e. The van der Waals surface area contributed by atoms with E-state index in [1.165, 1.54) is 17.3 Å². The van der Waals surface area contributed by atoms with E-state index >= 15 is 0 Å². The quantitative estimate of drug-likeness (QED) is 0.685. The third-order valence-corrected chi connectivity index (χ3v) is 5.27. The van der Waals surface area contributed by atoms with E-state index in [-0.39, 0.29) is 11.6 Å². The van der Waals surface area contributed by atoms with Crippen LogP contribution in [0.5, 0.6) is 0 Å². The molecule has 1 aliphatic rings. The normalized spacial score (nSPS) is 15.4. The third kappa shape index (κ3) is 3.57. The van der Waals surface area contributed by atoms with Crippen molar-refractivity contribution in [3.05, 3.63) is 53.2 Å². The molecule has 0 bridgehead atoms. The Morgan fingerprint density at radius 3 is 2.86 bits per heavy atom. The minimum atomic E-state index is -0.992. The number of fused-ring (bicyclic) bond motifs is 2. The number of carboxylic acid groups (broad SMARTS) is 1. The molecule has 0 saturated heterocycles. The first-order valence-electron chi connectivity index (χ1n) is 9.70. The molecule has 4 rings (SSSR count). The third-order valence-electron chi connectivity index (χ3n) is 5.27. The fourth-order valence-electron chi connectivity index (χ4n) is 3.90. The number of hydrogen-bond acceptors (Lipinski definition) is 5. The molecule has 2 N–H and O–H groups in total. The van der Waals surface area contributed by atoms with Crippen LogP contribution in [-0.2, 0) is 19.5 Å². The lowest BCUT2D eigenvalue weighted by molar-refractivity contribution is 0.0696. The summed E-state index contributed by atoms with van der Waals surface area (Å²) in [7, 11) is 0. The predicted molar refractivity (Wildman–Crippen MR) is 109 cm³/mol. The molecule has 0 fully saturated rings. The molecular formula is C21H25N5O2. The molecule has 3 heterocycles. The Balaban J connectivity index is 1.49. The molecule has 7 nitrogen and oxygen atoms in total. The van der Waals surface area contributed by atoms with Gasteiger partial charge >= 0.3 is 5.97 Å². The number of aryl methyl sites for hydroxylation is 1. The largest absolute Gasteiger partial charge is 0.478 e. The van der Waals surface area contributed by atoms with Gasteiger partial charge in [-0.25, -0.2) is 14.8 Å². The van der Waals surface area contributed by atoms with Crippen molar-refractivity contribution < 1.29 is 9.90 Å². The maximum absolute atomic E-state index is 11.2. The van der Waals surface area contributed by atoms with E-state index in [4.69, 9.17) is 0 Å². The number of anilines is 1. The van der Waals surface area contributed by atoms with Crippen LogP contribution in [0.2, 0.25) is 0 Å². The van der Waals surface area contributed by atoms with E-state index in [0.717, 1.165) is 32.0 Å². The Morgan fingerprint density at radius 2 is 2.11 bits per heavy atom. The van der Waals surface area contributed by atoms with Crippen LogP contribution in [0, 0.1) is 0 Å². The number of carbonyl (C=O) groups is 1. The van der Waals surface area contributed by atoms with Gasteiger partial charge in [-0.05, 0) is 37.5 Å². The van der Waals surface area contributed by atoms with E-state index in [0.29, 0.717) is 17.7 Å². The van der Waals surface area contributed by atoms with Gasteiger partial charge in [-0.3, -0.25) is 9.47 Å². The topological polar surface area (TPSA) is 83.3 Å². The molecule has 0 radical (unpaired) electrons. The number of nitrogens with one attached hydrogen (secondary N) is 1. The van der Waals surface area contributed by atoms with Crippen LogP contribution in [0.1, 0.15) is 35.3 Å². The Hall–Kier alpha value is -2.93. The van der Waals surface area contributed by atoms with Crippen LogP contribution in [0.4, 0.5) is 5.95 Å². The second-order valence-electron chi connectivity index (χ2n) is 7.35. The molecule has 0 spiro atoms. The van der Waals surface area contributed by atoms with Crippen molar-refractivity contribution in [1.82, 2.24) is 19.4 Å². The first kappa shape index (κ1) is 18.4. The summed E-state index contributed by atoms with van der Waals surface area (Å²) in [6.07, 6.45) is 2.47. The highest BCUT2D eigenvalue weighted by Gasteiger charge is 2.19. The summed E-state index contributed by atoms with van der Waals surface area (Å²) in [6, 6.07) is 10.4. The highest BCUT2D eigenvalue weighted by molar-refractivity contribution is 5.91. The summed E-state index contributed by atoms with van der Waals surface area (Å²) in [5.74, 6) is -0.258. The van der Waals surface area contributed by atoms with E-state index in [2.05, 4.69) is 51.4 Å². The lowest BCUT2D eigenvalue weighted by Crippen LogP contribution is -2.38. The minimum Gasteiger partial charge on any atom is -0.478 e. The van der Waals surface area contributed by atoms with Gasteiger partial charge in [0, 0.05) is 38.4 Å². The fourth-order valence-corrected chi connectivity index (χ4v) is 3.90. The molecule has 3 aromatic rings. The Labute approximate surface area is 164 Å². The molecule has 1 unspecified atom stereocenters. The van der Waals surface area contributed by atoms with Crippen molar-refractivity contribution in [3.63, 3.8) is 0 Å². The number of imidazole rings is 1. The SMILES string of the molecule is CCn1c(NC(C)CN2CCc3ccccc3C2)nc2cc(C(=O)O)cnc21. The molecule has 1 aromatic carbocycles. The lowest BCUT2D eigenvalue weighted by Gasteiger charge is -2.31. The van der Waals surface area contributed by atoms with E-state index in [1.807, 2.05) is 11.5 Å². The van der Waals surface area contributed by atoms with Gasteiger partial charge in [0.15, 0.2) is 5.65 Å². The lowest BCUT2D eigenvalue weighted by atomic mass is 10.00. The van der Waals surface area contributed by atoms with Gasteiger partial charge in [-0.1, -0.05) is 24.3 Å². The molecular weight excluding hydrogens is 354 g/mol. The summed E-state index contributed by atoms with van der Waals surface area (Å²) >= 11 is 0. The number of benzene rings is 1. The highest BCUT2D eigenvalue weighted by atomic mass is 16.4. The number of nitrogens with zero attached hydrogens (tertiary/aromatic N) is 4. The zero-order valence-corrected chi connectivity index (χ0v) is 16.2. The van der Waals surface area contributed by atoms with Gasteiger partial charge in [-0.15, -0.1) is 0 Å². The van der Waals surface area contributed by atoms with Crippen LogP contribution in [-0.4, -0.2) is 49.6 Å². The predicted octanol–water partition coefficient (Wildman–Crippen LogP) is 3.01. The minimum absolute atomic E-state index is 0.153. The first-order valence-corrected chi connectivity index (χ1v) is 9.70. The van der Waals surface area contributed by atoms with Crippen LogP contribution < -0.4 is 5.32 Å². The monoisotopic (exact) mass is 379 g/mol. The number of carboxylic acids is 1. The molecule has 7 heteroatoms. The van der Waals surface area contributed by atoms with Crippen LogP contribution in [0.3, 0.4) is 0 Å². The Morgan fingerprint density at radius 1 is 1.32 bits per heavy atom. The number of pyridine rings is 1. The van der Waals surface area contributed by atoms with Crippen LogP contribution >= 0.6 is 0 Å². The number of hydrogen-bond donors (Lipinski definition) is 2. The van der Waals surface area contributed by atoms with Crippen LogP contribution in [0.25, 0.3) is 11.2 Å².